The molecule has 7 nitrogen and oxygen atoms in total. The summed E-state index contributed by atoms with van der Waals surface area (Å²) in [5.74, 6) is -1.45. The van der Waals surface area contributed by atoms with Crippen LogP contribution in [0, 0.1) is 15.9 Å². The first-order chi connectivity index (χ1) is 9.97. The fourth-order valence-electron chi connectivity index (χ4n) is 2.09. The first kappa shape index (κ1) is 15.3. The van der Waals surface area contributed by atoms with Gasteiger partial charge in [0.1, 0.15) is 0 Å². The molecule has 0 aliphatic carbocycles. The number of ether oxygens (including phenoxy) is 1. The first-order valence-corrected chi connectivity index (χ1v) is 6.49. The topological polar surface area (TPSA) is 84.7 Å². The van der Waals surface area contributed by atoms with Crippen molar-refractivity contribution in [2.45, 2.75) is 6.10 Å². The Morgan fingerprint density at radius 2 is 2.38 bits per heavy atom. The van der Waals surface area contributed by atoms with Gasteiger partial charge in [-0.3, -0.25) is 14.9 Å². The predicted octanol–water partition coefficient (Wildman–Crippen LogP) is 0.794. The second-order valence-corrected chi connectivity index (χ2v) is 4.89. The van der Waals surface area contributed by atoms with E-state index in [-0.39, 0.29) is 11.7 Å². The molecule has 1 unspecified atom stereocenters. The van der Waals surface area contributed by atoms with Crippen LogP contribution in [0.15, 0.2) is 18.2 Å². The van der Waals surface area contributed by atoms with Crippen molar-refractivity contribution in [3.8, 4) is 0 Å². The molecule has 1 aromatic carbocycles. The number of amides is 1. The van der Waals surface area contributed by atoms with Gasteiger partial charge in [-0.1, -0.05) is 0 Å². The lowest BCUT2D eigenvalue weighted by molar-refractivity contribution is -0.387. The summed E-state index contributed by atoms with van der Waals surface area (Å²) in [6.07, 6.45) is -0.122. The molecular formula is C13H16FN3O4. The number of morpholine rings is 1. The number of halogens is 1. The molecule has 1 aromatic rings. The Hall–Kier alpha value is -2.06. The number of nitro groups is 1. The van der Waals surface area contributed by atoms with E-state index >= 15 is 0 Å². The van der Waals surface area contributed by atoms with Crippen LogP contribution in [0.1, 0.15) is 10.4 Å². The number of nitrogens with zero attached hydrogens (tertiary/aromatic N) is 2. The van der Waals surface area contributed by atoms with Crippen molar-refractivity contribution in [2.24, 2.45) is 0 Å². The van der Waals surface area contributed by atoms with Crippen LogP contribution in [0.3, 0.4) is 0 Å². The number of nitro benzene ring substituents is 1. The fraction of sp³-hybridized carbons (Fsp3) is 0.462. The minimum atomic E-state index is -0.964. The average Bonchev–Trinajstić information content (AvgIpc) is 2.45. The Kier molecular flexibility index (Phi) is 4.81. The van der Waals surface area contributed by atoms with Gasteiger partial charge in [-0.2, -0.15) is 4.39 Å². The number of hydrogen-bond donors (Lipinski definition) is 1. The van der Waals surface area contributed by atoms with Crippen LogP contribution in [0.2, 0.25) is 0 Å². The second kappa shape index (κ2) is 6.59. The SMILES string of the molecule is CN1CCOC(CNC(=O)c2ccc(F)c([N+](=O)[O-])c2)C1. The predicted molar refractivity (Wildman–Crippen MR) is 72.6 cm³/mol. The highest BCUT2D eigenvalue weighted by molar-refractivity contribution is 5.94. The normalized spacial score (nSPS) is 19.2. The number of hydrogen-bond acceptors (Lipinski definition) is 5. The standard InChI is InChI=1S/C13H16FN3O4/c1-16-4-5-21-10(8-16)7-15-13(18)9-2-3-11(14)12(6-9)17(19)20/h2-3,6,10H,4-5,7-8H2,1H3,(H,15,18). The largest absolute Gasteiger partial charge is 0.374 e. The molecule has 1 heterocycles. The molecule has 21 heavy (non-hydrogen) atoms. The minimum absolute atomic E-state index is 0.0484. The number of rotatable bonds is 4. The van der Waals surface area contributed by atoms with E-state index in [1.54, 1.807) is 0 Å². The first-order valence-electron chi connectivity index (χ1n) is 6.49. The molecule has 1 N–H and O–H groups in total. The third-order valence-electron chi connectivity index (χ3n) is 3.24. The van der Waals surface area contributed by atoms with Gasteiger partial charge in [0.15, 0.2) is 0 Å². The Balaban J connectivity index is 1.97. The lowest BCUT2D eigenvalue weighted by Gasteiger charge is -2.30. The van der Waals surface area contributed by atoms with Gasteiger partial charge in [0, 0.05) is 31.3 Å². The summed E-state index contributed by atoms with van der Waals surface area (Å²) in [5, 5.41) is 13.3. The molecule has 1 amide bonds. The summed E-state index contributed by atoms with van der Waals surface area (Å²) in [5.41, 5.74) is -0.663. The Bertz CT molecular complexity index is 552. The van der Waals surface area contributed by atoms with Crippen LogP contribution in [0.5, 0.6) is 0 Å². The van der Waals surface area contributed by atoms with Gasteiger partial charge < -0.3 is 15.0 Å². The maximum Gasteiger partial charge on any atom is 0.305 e. The molecule has 0 bridgehead atoms. The van der Waals surface area contributed by atoms with E-state index in [9.17, 15) is 19.3 Å². The molecule has 114 valence electrons. The lowest BCUT2D eigenvalue weighted by Crippen LogP contribution is -2.45. The summed E-state index contributed by atoms with van der Waals surface area (Å²) in [6, 6.07) is 3.06. The molecule has 1 fully saturated rings. The van der Waals surface area contributed by atoms with E-state index < -0.39 is 22.3 Å². The van der Waals surface area contributed by atoms with Gasteiger partial charge in [0.2, 0.25) is 5.82 Å². The summed E-state index contributed by atoms with van der Waals surface area (Å²) < 4.78 is 18.7. The van der Waals surface area contributed by atoms with Gasteiger partial charge in [-0.15, -0.1) is 0 Å². The van der Waals surface area contributed by atoms with E-state index in [1.807, 2.05) is 7.05 Å². The second-order valence-electron chi connectivity index (χ2n) is 4.89. The van der Waals surface area contributed by atoms with E-state index in [1.165, 1.54) is 6.07 Å². The van der Waals surface area contributed by atoms with Gasteiger partial charge in [-0.25, -0.2) is 0 Å². The highest BCUT2D eigenvalue weighted by atomic mass is 19.1. The van der Waals surface area contributed by atoms with Gasteiger partial charge >= 0.3 is 5.69 Å². The molecule has 0 aromatic heterocycles. The molecule has 0 spiro atoms. The summed E-state index contributed by atoms with van der Waals surface area (Å²) >= 11 is 0. The maximum atomic E-state index is 13.2. The Morgan fingerprint density at radius 1 is 1.62 bits per heavy atom. The van der Waals surface area contributed by atoms with Crippen LogP contribution in [0.4, 0.5) is 10.1 Å². The number of nitrogens with one attached hydrogen (secondary N) is 1. The molecule has 0 saturated carbocycles. The van der Waals surface area contributed by atoms with Crippen molar-refractivity contribution < 1.29 is 18.8 Å². The highest BCUT2D eigenvalue weighted by Gasteiger charge is 2.20. The lowest BCUT2D eigenvalue weighted by atomic mass is 10.1. The van der Waals surface area contributed by atoms with Gasteiger partial charge in [-0.05, 0) is 19.2 Å². The maximum absolute atomic E-state index is 13.2. The molecule has 0 radical (unpaired) electrons. The smallest absolute Gasteiger partial charge is 0.305 e. The number of carbonyl (C=O) groups excluding carboxylic acids is 1. The molecular weight excluding hydrogens is 281 g/mol. The monoisotopic (exact) mass is 297 g/mol. The Labute approximate surface area is 120 Å². The van der Waals surface area contributed by atoms with Crippen molar-refractivity contribution in [3.63, 3.8) is 0 Å². The third-order valence-corrected chi connectivity index (χ3v) is 3.24. The summed E-state index contributed by atoms with van der Waals surface area (Å²) in [4.78, 5) is 23.8. The number of benzene rings is 1. The fourth-order valence-corrected chi connectivity index (χ4v) is 2.09. The Morgan fingerprint density at radius 3 is 3.05 bits per heavy atom. The molecule has 1 aliphatic rings. The van der Waals surface area contributed by atoms with Crippen LogP contribution in [0.25, 0.3) is 0 Å². The zero-order valence-electron chi connectivity index (χ0n) is 11.5. The van der Waals surface area contributed by atoms with Crippen LogP contribution in [-0.4, -0.2) is 55.1 Å². The van der Waals surface area contributed by atoms with Gasteiger partial charge in [0.05, 0.1) is 17.6 Å². The summed E-state index contributed by atoms with van der Waals surface area (Å²) in [6.45, 7) is 2.44. The van der Waals surface area contributed by atoms with E-state index in [2.05, 4.69) is 10.2 Å². The molecule has 1 aliphatic heterocycles. The molecule has 8 heteroatoms. The highest BCUT2D eigenvalue weighted by Crippen LogP contribution is 2.18. The third kappa shape index (κ3) is 3.96. The van der Waals surface area contributed by atoms with Crippen molar-refractivity contribution in [1.82, 2.24) is 10.2 Å². The van der Waals surface area contributed by atoms with E-state index in [0.717, 1.165) is 18.7 Å². The van der Waals surface area contributed by atoms with Crippen molar-refractivity contribution >= 4 is 11.6 Å². The van der Waals surface area contributed by atoms with Crippen molar-refractivity contribution in [3.05, 3.63) is 39.7 Å². The minimum Gasteiger partial charge on any atom is -0.374 e. The average molecular weight is 297 g/mol. The van der Waals surface area contributed by atoms with Crippen LogP contribution in [-0.2, 0) is 4.74 Å². The summed E-state index contributed by atoms with van der Waals surface area (Å²) in [7, 11) is 1.96. The van der Waals surface area contributed by atoms with Crippen LogP contribution >= 0.6 is 0 Å². The molecule has 2 rings (SSSR count). The zero-order valence-corrected chi connectivity index (χ0v) is 11.5. The molecule has 1 atom stereocenters. The van der Waals surface area contributed by atoms with Crippen LogP contribution < -0.4 is 5.32 Å². The van der Waals surface area contributed by atoms with E-state index in [0.29, 0.717) is 19.7 Å². The molecule has 1 saturated heterocycles. The van der Waals surface area contributed by atoms with Crippen molar-refractivity contribution in [2.75, 3.05) is 33.3 Å². The quantitative estimate of drug-likeness (QED) is 0.656. The number of carbonyl (C=O) groups is 1. The number of likely N-dealkylation sites (N-methyl/N-ethyl adjacent to an activating group) is 1. The van der Waals surface area contributed by atoms with Gasteiger partial charge in [0.25, 0.3) is 5.91 Å². The zero-order chi connectivity index (χ0) is 15.4. The van der Waals surface area contributed by atoms with E-state index in [4.69, 9.17) is 4.74 Å². The van der Waals surface area contributed by atoms with Crippen molar-refractivity contribution in [1.29, 1.82) is 0 Å².